The Morgan fingerprint density at radius 3 is 2.55 bits per heavy atom. The van der Waals surface area contributed by atoms with Crippen molar-refractivity contribution in [1.29, 1.82) is 0 Å². The normalized spacial score (nSPS) is 19.4. The number of nitrogens with zero attached hydrogens (tertiary/aromatic N) is 2. The molecule has 0 aliphatic carbocycles. The van der Waals surface area contributed by atoms with E-state index in [4.69, 9.17) is 0 Å². The molecule has 9 heteroatoms. The van der Waals surface area contributed by atoms with Gasteiger partial charge in [-0.25, -0.2) is 8.42 Å². The predicted octanol–water partition coefficient (Wildman–Crippen LogP) is 1.61. The first kappa shape index (κ1) is 22.0. The lowest BCUT2D eigenvalue weighted by Crippen LogP contribution is -2.48. The number of rotatable bonds is 6. The van der Waals surface area contributed by atoms with E-state index >= 15 is 0 Å². The second-order valence-electron chi connectivity index (χ2n) is 7.98. The van der Waals surface area contributed by atoms with E-state index < -0.39 is 15.9 Å². The zero-order valence-corrected chi connectivity index (χ0v) is 19.0. The summed E-state index contributed by atoms with van der Waals surface area (Å²) in [5, 5.41) is 4.97. The molecule has 2 aliphatic rings. The molecule has 3 heterocycles. The van der Waals surface area contributed by atoms with Gasteiger partial charge in [0.25, 0.3) is 0 Å². The van der Waals surface area contributed by atoms with Crippen LogP contribution in [-0.2, 0) is 32.4 Å². The molecule has 7 nitrogen and oxygen atoms in total. The van der Waals surface area contributed by atoms with Crippen molar-refractivity contribution >= 4 is 33.0 Å². The number of fused-ring (bicyclic) bond motifs is 1. The number of amides is 2. The minimum absolute atomic E-state index is 0.0393. The van der Waals surface area contributed by atoms with E-state index in [2.05, 4.69) is 16.8 Å². The first-order valence-electron chi connectivity index (χ1n) is 10.5. The van der Waals surface area contributed by atoms with E-state index in [0.717, 1.165) is 18.5 Å². The fraction of sp³-hybridized carbons (Fsp3) is 0.455. The summed E-state index contributed by atoms with van der Waals surface area (Å²) in [6.07, 6.45) is 1.14. The lowest BCUT2D eigenvalue weighted by atomic mass is 10.0. The molecule has 1 aromatic heterocycles. The third kappa shape index (κ3) is 5.34. The number of carbonyl (C=O) groups is 2. The summed E-state index contributed by atoms with van der Waals surface area (Å²) in [6, 6.07) is 10.9. The van der Waals surface area contributed by atoms with E-state index in [9.17, 15) is 18.0 Å². The van der Waals surface area contributed by atoms with Gasteiger partial charge in [0.1, 0.15) is 6.04 Å². The lowest BCUT2D eigenvalue weighted by molar-refractivity contribution is -0.132. The van der Waals surface area contributed by atoms with E-state index in [1.165, 1.54) is 10.4 Å². The number of sulfone groups is 1. The van der Waals surface area contributed by atoms with Gasteiger partial charge < -0.3 is 10.2 Å². The van der Waals surface area contributed by atoms with Crippen LogP contribution in [0.15, 0.2) is 41.8 Å². The summed E-state index contributed by atoms with van der Waals surface area (Å²) in [7, 11) is -3.04. The second-order valence-corrected chi connectivity index (χ2v) is 11.3. The SMILES string of the molecule is O=C(NCCC(=O)N1CCc2sccc2C1)C(c1ccccc1)N1CCS(=O)(=O)CC1. The molecule has 1 saturated heterocycles. The van der Waals surface area contributed by atoms with Gasteiger partial charge in [0, 0.05) is 44.0 Å². The van der Waals surface area contributed by atoms with E-state index in [1.807, 2.05) is 40.1 Å². The Morgan fingerprint density at radius 2 is 1.81 bits per heavy atom. The molecule has 4 rings (SSSR count). The van der Waals surface area contributed by atoms with Crippen LogP contribution >= 0.6 is 11.3 Å². The Morgan fingerprint density at radius 1 is 1.06 bits per heavy atom. The number of nitrogens with one attached hydrogen (secondary N) is 1. The van der Waals surface area contributed by atoms with Crippen molar-refractivity contribution in [3.05, 3.63) is 57.8 Å². The molecule has 0 bridgehead atoms. The largest absolute Gasteiger partial charge is 0.354 e. The standard InChI is InChI=1S/C22H27N3O4S2/c26-20(25-10-7-19-18(16-25)8-13-30-19)6-9-23-22(27)21(17-4-2-1-3-5-17)24-11-14-31(28,29)15-12-24/h1-5,8,13,21H,6-7,9-12,14-16H2,(H,23,27). The summed E-state index contributed by atoms with van der Waals surface area (Å²) in [5.74, 6) is -0.0435. The molecule has 2 amide bonds. The van der Waals surface area contributed by atoms with Gasteiger partial charge in [0.2, 0.25) is 11.8 Å². The minimum Gasteiger partial charge on any atom is -0.354 e. The Hall–Kier alpha value is -2.23. The van der Waals surface area contributed by atoms with E-state index in [-0.39, 0.29) is 36.3 Å². The second kappa shape index (κ2) is 9.50. The highest BCUT2D eigenvalue weighted by atomic mass is 32.2. The highest BCUT2D eigenvalue weighted by Gasteiger charge is 2.32. The molecule has 2 aliphatic heterocycles. The number of hydrogen-bond donors (Lipinski definition) is 1. The molecule has 1 aromatic carbocycles. The first-order valence-corrected chi connectivity index (χ1v) is 13.2. The molecule has 1 fully saturated rings. The van der Waals surface area contributed by atoms with Gasteiger partial charge in [-0.1, -0.05) is 30.3 Å². The van der Waals surface area contributed by atoms with E-state index in [0.29, 0.717) is 19.6 Å². The van der Waals surface area contributed by atoms with Crippen LogP contribution in [0.5, 0.6) is 0 Å². The molecule has 31 heavy (non-hydrogen) atoms. The monoisotopic (exact) mass is 461 g/mol. The van der Waals surface area contributed by atoms with Crippen LogP contribution < -0.4 is 5.32 Å². The molecule has 1 unspecified atom stereocenters. The van der Waals surface area contributed by atoms with Crippen molar-refractivity contribution in [3.8, 4) is 0 Å². The molecule has 0 radical (unpaired) electrons. The van der Waals surface area contributed by atoms with Gasteiger partial charge in [-0.2, -0.15) is 0 Å². The Kier molecular flexibility index (Phi) is 6.74. The van der Waals surface area contributed by atoms with Crippen LogP contribution in [0.1, 0.15) is 28.5 Å². The zero-order chi connectivity index (χ0) is 21.8. The average Bonchev–Trinajstić information content (AvgIpc) is 3.24. The Bertz CT molecular complexity index is 1020. The molecule has 166 valence electrons. The molecule has 1 atom stereocenters. The summed E-state index contributed by atoms with van der Waals surface area (Å²) in [6.45, 7) is 2.27. The lowest BCUT2D eigenvalue weighted by Gasteiger charge is -2.33. The molecule has 0 spiro atoms. The maximum atomic E-state index is 13.1. The van der Waals surface area contributed by atoms with Gasteiger partial charge in [-0.15, -0.1) is 11.3 Å². The van der Waals surface area contributed by atoms with E-state index in [1.54, 1.807) is 11.3 Å². The number of thiophene rings is 1. The smallest absolute Gasteiger partial charge is 0.241 e. The highest BCUT2D eigenvalue weighted by Crippen LogP contribution is 2.25. The van der Waals surface area contributed by atoms with Gasteiger partial charge in [0.15, 0.2) is 9.84 Å². The van der Waals surface area contributed by atoms with Crippen molar-refractivity contribution in [2.75, 3.05) is 37.7 Å². The fourth-order valence-electron chi connectivity index (χ4n) is 4.16. The summed E-state index contributed by atoms with van der Waals surface area (Å²) < 4.78 is 23.6. The third-order valence-electron chi connectivity index (χ3n) is 5.91. The van der Waals surface area contributed by atoms with Crippen LogP contribution in [-0.4, -0.2) is 67.7 Å². The summed E-state index contributed by atoms with van der Waals surface area (Å²) in [4.78, 5) is 30.8. The van der Waals surface area contributed by atoms with Crippen LogP contribution in [0.2, 0.25) is 0 Å². The van der Waals surface area contributed by atoms with Crippen LogP contribution in [0.3, 0.4) is 0 Å². The maximum absolute atomic E-state index is 13.1. The van der Waals surface area contributed by atoms with Crippen molar-refractivity contribution in [2.24, 2.45) is 0 Å². The van der Waals surface area contributed by atoms with Gasteiger partial charge in [-0.05, 0) is 29.0 Å². The number of benzene rings is 1. The minimum atomic E-state index is -3.04. The van der Waals surface area contributed by atoms with Gasteiger partial charge >= 0.3 is 0 Å². The molecule has 0 saturated carbocycles. The van der Waals surface area contributed by atoms with Gasteiger partial charge in [-0.3, -0.25) is 14.5 Å². The number of carbonyl (C=O) groups excluding carboxylic acids is 2. The van der Waals surface area contributed by atoms with Crippen LogP contribution in [0.25, 0.3) is 0 Å². The summed E-state index contributed by atoms with van der Waals surface area (Å²) in [5.41, 5.74) is 2.05. The van der Waals surface area contributed by atoms with Crippen molar-refractivity contribution < 1.29 is 18.0 Å². The third-order valence-corrected chi connectivity index (χ3v) is 8.54. The molecular weight excluding hydrogens is 434 g/mol. The fourth-order valence-corrected chi connectivity index (χ4v) is 6.28. The topological polar surface area (TPSA) is 86.8 Å². The first-order chi connectivity index (χ1) is 14.9. The average molecular weight is 462 g/mol. The highest BCUT2D eigenvalue weighted by molar-refractivity contribution is 7.91. The van der Waals surface area contributed by atoms with Crippen LogP contribution in [0.4, 0.5) is 0 Å². The Labute approximate surface area is 187 Å². The molecule has 2 aromatic rings. The zero-order valence-electron chi connectivity index (χ0n) is 17.3. The van der Waals surface area contributed by atoms with Gasteiger partial charge in [0.05, 0.1) is 11.5 Å². The van der Waals surface area contributed by atoms with Crippen molar-refractivity contribution in [3.63, 3.8) is 0 Å². The van der Waals surface area contributed by atoms with Crippen LogP contribution in [0, 0.1) is 0 Å². The molecule has 1 N–H and O–H groups in total. The quantitative estimate of drug-likeness (QED) is 0.706. The summed E-state index contributed by atoms with van der Waals surface area (Å²) >= 11 is 1.74. The molecular formula is C22H27N3O4S2. The number of hydrogen-bond acceptors (Lipinski definition) is 6. The Balaban J connectivity index is 1.35. The maximum Gasteiger partial charge on any atom is 0.241 e. The van der Waals surface area contributed by atoms with Crippen molar-refractivity contribution in [1.82, 2.24) is 15.1 Å². The van der Waals surface area contributed by atoms with Crippen molar-refractivity contribution in [2.45, 2.75) is 25.4 Å². The predicted molar refractivity (Wildman–Crippen MR) is 120 cm³/mol.